The van der Waals surface area contributed by atoms with Gasteiger partial charge in [-0.2, -0.15) is 0 Å². The van der Waals surface area contributed by atoms with Crippen molar-refractivity contribution in [3.8, 4) is 0 Å². The third-order valence-corrected chi connectivity index (χ3v) is 4.35. The summed E-state index contributed by atoms with van der Waals surface area (Å²) in [5.41, 5.74) is 7.23. The molecule has 1 fully saturated rings. The van der Waals surface area contributed by atoms with Gasteiger partial charge in [-0.3, -0.25) is 4.79 Å². The monoisotopic (exact) mass is 291 g/mol. The fourth-order valence-corrected chi connectivity index (χ4v) is 3.12. The quantitative estimate of drug-likeness (QED) is 0.791. The molecule has 0 bridgehead atoms. The summed E-state index contributed by atoms with van der Waals surface area (Å²) in [4.78, 5) is 12.1. The third kappa shape index (κ3) is 5.20. The molecular weight excluding hydrogens is 262 g/mol. The number of amides is 1. The average molecular weight is 291 g/mol. The fourth-order valence-electron chi connectivity index (χ4n) is 3.12. The van der Waals surface area contributed by atoms with Gasteiger partial charge in [0.2, 0.25) is 5.91 Å². The average Bonchev–Trinajstić information content (AvgIpc) is 2.76. The van der Waals surface area contributed by atoms with Gasteiger partial charge in [-0.05, 0) is 30.9 Å². The number of nitrogens with one attached hydrogen (secondary N) is 1. The summed E-state index contributed by atoms with van der Waals surface area (Å²) in [6.07, 6.45) is 13.4. The van der Waals surface area contributed by atoms with Gasteiger partial charge < -0.3 is 15.6 Å². The third-order valence-electron chi connectivity index (χ3n) is 4.35. The molecule has 4 nitrogen and oxygen atoms in total. The summed E-state index contributed by atoms with van der Waals surface area (Å²) < 4.78 is 1.94. The first kappa shape index (κ1) is 16.1. The van der Waals surface area contributed by atoms with Crippen molar-refractivity contribution in [2.45, 2.75) is 76.9 Å². The van der Waals surface area contributed by atoms with Crippen LogP contribution in [0.1, 0.15) is 69.9 Å². The number of aromatic nitrogens is 1. The van der Waals surface area contributed by atoms with Crippen LogP contribution in [-0.4, -0.2) is 16.5 Å². The molecule has 1 unspecified atom stereocenters. The van der Waals surface area contributed by atoms with E-state index in [0.717, 1.165) is 31.2 Å². The van der Waals surface area contributed by atoms with Gasteiger partial charge in [0.1, 0.15) is 6.54 Å². The summed E-state index contributed by atoms with van der Waals surface area (Å²) in [6.45, 7) is 2.53. The number of nitrogens with two attached hydrogens (primary N) is 1. The van der Waals surface area contributed by atoms with Crippen LogP contribution >= 0.6 is 0 Å². The summed E-state index contributed by atoms with van der Waals surface area (Å²) >= 11 is 0. The zero-order chi connectivity index (χ0) is 15.1. The smallest absolute Gasteiger partial charge is 0.240 e. The molecule has 0 radical (unpaired) electrons. The van der Waals surface area contributed by atoms with E-state index in [1.54, 1.807) is 0 Å². The molecule has 0 aromatic carbocycles. The maximum atomic E-state index is 12.1. The van der Waals surface area contributed by atoms with Crippen LogP contribution in [-0.2, 0) is 11.3 Å². The maximum Gasteiger partial charge on any atom is 0.240 e. The highest BCUT2D eigenvalue weighted by Crippen LogP contribution is 2.18. The molecule has 1 heterocycles. The number of nitrogens with zero attached hydrogens (tertiary/aromatic N) is 1. The molecule has 21 heavy (non-hydrogen) atoms. The van der Waals surface area contributed by atoms with Gasteiger partial charge in [0.25, 0.3) is 0 Å². The lowest BCUT2D eigenvalue weighted by Crippen LogP contribution is -2.36. The van der Waals surface area contributed by atoms with Gasteiger partial charge in [-0.25, -0.2) is 0 Å². The molecule has 0 aliphatic heterocycles. The Morgan fingerprint density at radius 3 is 2.76 bits per heavy atom. The molecular formula is C17H29N3O. The van der Waals surface area contributed by atoms with Gasteiger partial charge in [0.15, 0.2) is 0 Å². The normalized spacial score (nSPS) is 18.2. The van der Waals surface area contributed by atoms with Crippen LogP contribution in [0.3, 0.4) is 0 Å². The predicted molar refractivity (Wildman–Crippen MR) is 85.9 cm³/mol. The van der Waals surface area contributed by atoms with Gasteiger partial charge in [0.05, 0.1) is 0 Å². The predicted octanol–water partition coefficient (Wildman–Crippen LogP) is 3.13. The van der Waals surface area contributed by atoms with E-state index in [2.05, 4.69) is 12.2 Å². The highest BCUT2D eigenvalue weighted by Gasteiger charge is 2.15. The van der Waals surface area contributed by atoms with Crippen molar-refractivity contribution in [1.82, 2.24) is 9.88 Å². The van der Waals surface area contributed by atoms with Gasteiger partial charge in [0, 0.05) is 24.5 Å². The Hall–Kier alpha value is -1.29. The zero-order valence-corrected chi connectivity index (χ0v) is 13.2. The van der Waals surface area contributed by atoms with Crippen LogP contribution in [0.5, 0.6) is 0 Å². The van der Waals surface area contributed by atoms with E-state index in [0.29, 0.717) is 12.6 Å². The SMILES string of the molecule is CCCC(N)c1ccn(CC(=O)NC2CCCCCC2)c1. The minimum absolute atomic E-state index is 0.0844. The largest absolute Gasteiger partial charge is 0.352 e. The fraction of sp³-hybridized carbons (Fsp3) is 0.706. The van der Waals surface area contributed by atoms with Crippen molar-refractivity contribution in [3.63, 3.8) is 0 Å². The molecule has 1 atom stereocenters. The van der Waals surface area contributed by atoms with Crippen molar-refractivity contribution >= 4 is 5.91 Å². The first-order valence-electron chi connectivity index (χ1n) is 8.39. The van der Waals surface area contributed by atoms with Gasteiger partial charge >= 0.3 is 0 Å². The van der Waals surface area contributed by atoms with E-state index < -0.39 is 0 Å². The number of carbonyl (C=O) groups is 1. The number of hydrogen-bond donors (Lipinski definition) is 2. The van der Waals surface area contributed by atoms with E-state index in [9.17, 15) is 4.79 Å². The van der Waals surface area contributed by atoms with Gasteiger partial charge in [-0.15, -0.1) is 0 Å². The molecule has 1 aliphatic carbocycles. The zero-order valence-electron chi connectivity index (χ0n) is 13.2. The highest BCUT2D eigenvalue weighted by atomic mass is 16.2. The van der Waals surface area contributed by atoms with E-state index in [4.69, 9.17) is 5.73 Å². The molecule has 4 heteroatoms. The Kier molecular flexibility index (Phi) is 6.30. The minimum atomic E-state index is 0.0844. The second-order valence-corrected chi connectivity index (χ2v) is 6.27. The molecule has 118 valence electrons. The Morgan fingerprint density at radius 1 is 1.38 bits per heavy atom. The van der Waals surface area contributed by atoms with Crippen molar-refractivity contribution in [2.75, 3.05) is 0 Å². The highest BCUT2D eigenvalue weighted by molar-refractivity contribution is 5.76. The lowest BCUT2D eigenvalue weighted by Gasteiger charge is -2.16. The molecule has 1 aromatic rings. The van der Waals surface area contributed by atoms with Crippen molar-refractivity contribution in [3.05, 3.63) is 24.0 Å². The standard InChI is InChI=1S/C17H29N3O/c1-2-7-16(18)14-10-11-20(12-14)13-17(21)19-15-8-5-3-4-6-9-15/h10-12,15-16H,2-9,13,18H2,1H3,(H,19,21). The first-order chi connectivity index (χ1) is 10.2. The van der Waals surface area contributed by atoms with Crippen LogP contribution in [0.15, 0.2) is 18.5 Å². The van der Waals surface area contributed by atoms with Crippen LogP contribution in [0.4, 0.5) is 0 Å². The molecule has 0 spiro atoms. The Labute approximate surface area is 128 Å². The van der Waals surface area contributed by atoms with E-state index >= 15 is 0 Å². The van der Waals surface area contributed by atoms with Gasteiger partial charge in [-0.1, -0.05) is 39.0 Å². The van der Waals surface area contributed by atoms with Crippen molar-refractivity contribution < 1.29 is 4.79 Å². The molecule has 1 aliphatic rings. The lowest BCUT2D eigenvalue weighted by molar-refractivity contribution is -0.122. The topological polar surface area (TPSA) is 60.0 Å². The van der Waals surface area contributed by atoms with Crippen LogP contribution in [0.25, 0.3) is 0 Å². The maximum absolute atomic E-state index is 12.1. The molecule has 1 aromatic heterocycles. The molecule has 0 saturated heterocycles. The Balaban J connectivity index is 1.82. The molecule has 2 rings (SSSR count). The summed E-state index contributed by atoms with van der Waals surface area (Å²) in [5, 5.41) is 3.18. The Bertz CT molecular complexity index is 433. The summed E-state index contributed by atoms with van der Waals surface area (Å²) in [6, 6.07) is 2.48. The van der Waals surface area contributed by atoms with E-state index in [1.807, 2.05) is 23.0 Å². The number of carbonyl (C=O) groups excluding carboxylic acids is 1. The van der Waals surface area contributed by atoms with Crippen molar-refractivity contribution in [2.24, 2.45) is 5.73 Å². The van der Waals surface area contributed by atoms with Crippen LogP contribution in [0.2, 0.25) is 0 Å². The summed E-state index contributed by atoms with van der Waals surface area (Å²) in [7, 11) is 0. The second kappa shape index (κ2) is 8.23. The lowest BCUT2D eigenvalue weighted by atomic mass is 10.1. The minimum Gasteiger partial charge on any atom is -0.352 e. The molecule has 1 saturated carbocycles. The summed E-state index contributed by atoms with van der Waals surface area (Å²) in [5.74, 6) is 0.119. The first-order valence-corrected chi connectivity index (χ1v) is 8.39. The van der Waals surface area contributed by atoms with Crippen LogP contribution < -0.4 is 11.1 Å². The molecule has 1 amide bonds. The van der Waals surface area contributed by atoms with E-state index in [-0.39, 0.29) is 11.9 Å². The van der Waals surface area contributed by atoms with Crippen LogP contribution in [0, 0.1) is 0 Å². The Morgan fingerprint density at radius 2 is 2.10 bits per heavy atom. The second-order valence-electron chi connectivity index (χ2n) is 6.27. The number of rotatable bonds is 6. The van der Waals surface area contributed by atoms with Crippen molar-refractivity contribution in [1.29, 1.82) is 0 Å². The number of hydrogen-bond acceptors (Lipinski definition) is 2. The van der Waals surface area contributed by atoms with E-state index in [1.165, 1.54) is 25.7 Å². The molecule has 3 N–H and O–H groups in total.